The molecule has 2 unspecified atom stereocenters. The summed E-state index contributed by atoms with van der Waals surface area (Å²) in [4.78, 5) is 25.9. The third-order valence-corrected chi connectivity index (χ3v) is 5.55. The number of nitrogens with zero attached hydrogens (tertiary/aromatic N) is 1. The number of likely N-dealkylation sites (tertiary alicyclic amines) is 1. The number of nitrogens with one attached hydrogen (secondary N) is 1. The van der Waals surface area contributed by atoms with Crippen LogP contribution in [0.3, 0.4) is 0 Å². The molecule has 0 spiro atoms. The Balaban J connectivity index is 1.96. The van der Waals surface area contributed by atoms with Gasteiger partial charge in [-0.1, -0.05) is 0 Å². The number of carbonyl (C=O) groups is 2. The summed E-state index contributed by atoms with van der Waals surface area (Å²) in [6, 6.07) is 5.35. The minimum Gasteiger partial charge on any atom is -0.516 e. The summed E-state index contributed by atoms with van der Waals surface area (Å²) in [5, 5.41) is 11.4. The fourth-order valence-corrected chi connectivity index (χ4v) is 3.74. The molecule has 3 rings (SSSR count). The highest BCUT2D eigenvalue weighted by Gasteiger charge is 2.45. The van der Waals surface area contributed by atoms with E-state index >= 15 is 0 Å². The van der Waals surface area contributed by atoms with E-state index in [0.717, 1.165) is 18.4 Å². The van der Waals surface area contributed by atoms with E-state index in [-0.39, 0.29) is 24.2 Å². The van der Waals surface area contributed by atoms with Gasteiger partial charge < -0.3 is 21.1 Å². The molecule has 2 aromatic carbocycles. The summed E-state index contributed by atoms with van der Waals surface area (Å²) >= 11 is 1.90. The first-order valence-corrected chi connectivity index (χ1v) is 9.92. The summed E-state index contributed by atoms with van der Waals surface area (Å²) in [7, 11) is 0. The van der Waals surface area contributed by atoms with Crippen LogP contribution in [0.15, 0.2) is 42.7 Å². The van der Waals surface area contributed by atoms with E-state index in [1.165, 1.54) is 23.1 Å². The van der Waals surface area contributed by atoms with Gasteiger partial charge in [0.05, 0.1) is 29.1 Å². The zero-order chi connectivity index (χ0) is 22.0. The SMILES string of the molecule is NC(=O)C1CN(C(=O)c2ccc(F)c(F)c2Nc2ccc(I)cc2F)C1C/C=C/O. The molecule has 1 fully saturated rings. The second kappa shape index (κ2) is 8.94. The Bertz CT molecular complexity index is 1030. The molecule has 1 aliphatic rings. The van der Waals surface area contributed by atoms with Crippen LogP contribution in [0.2, 0.25) is 0 Å². The van der Waals surface area contributed by atoms with Crippen LogP contribution in [-0.2, 0) is 4.79 Å². The van der Waals surface area contributed by atoms with Crippen LogP contribution in [0.5, 0.6) is 0 Å². The Hall–Kier alpha value is -2.76. The molecule has 0 radical (unpaired) electrons. The predicted molar refractivity (Wildman–Crippen MR) is 113 cm³/mol. The first kappa shape index (κ1) is 21.9. The predicted octanol–water partition coefficient (Wildman–Crippen LogP) is 3.84. The number of primary amides is 1. The lowest BCUT2D eigenvalue weighted by molar-refractivity contribution is -0.129. The van der Waals surface area contributed by atoms with Gasteiger partial charge in [-0.2, -0.15) is 0 Å². The number of anilines is 2. The van der Waals surface area contributed by atoms with Gasteiger partial charge in [0.15, 0.2) is 11.6 Å². The number of benzene rings is 2. The Labute approximate surface area is 183 Å². The van der Waals surface area contributed by atoms with Crippen molar-refractivity contribution in [2.24, 2.45) is 11.7 Å². The van der Waals surface area contributed by atoms with Crippen LogP contribution < -0.4 is 11.1 Å². The molecule has 0 bridgehead atoms. The first-order valence-electron chi connectivity index (χ1n) is 8.84. The van der Waals surface area contributed by atoms with Crippen molar-refractivity contribution in [3.63, 3.8) is 0 Å². The van der Waals surface area contributed by atoms with E-state index < -0.39 is 46.9 Å². The van der Waals surface area contributed by atoms with Crippen LogP contribution in [0.25, 0.3) is 0 Å². The van der Waals surface area contributed by atoms with Gasteiger partial charge in [0.1, 0.15) is 5.82 Å². The molecule has 1 saturated heterocycles. The molecular weight excluding hydrogens is 514 g/mol. The second-order valence-corrected chi connectivity index (χ2v) is 7.93. The molecule has 158 valence electrons. The zero-order valence-corrected chi connectivity index (χ0v) is 17.6. The van der Waals surface area contributed by atoms with Gasteiger partial charge >= 0.3 is 0 Å². The molecule has 2 aromatic rings. The van der Waals surface area contributed by atoms with Crippen LogP contribution in [-0.4, -0.2) is 34.4 Å². The normalized spacial score (nSPS) is 18.3. The lowest BCUT2D eigenvalue weighted by atomic mass is 9.84. The third-order valence-electron chi connectivity index (χ3n) is 4.88. The minimum atomic E-state index is -1.34. The molecule has 1 heterocycles. The maximum atomic E-state index is 14.6. The number of hydrogen-bond donors (Lipinski definition) is 3. The standard InChI is InChI=1S/C20H17F3IN3O3/c21-13-5-4-11(18(17(13)23)26-15-6-3-10(24)8-14(15)22)20(30)27-9-12(19(25)29)16(27)2-1-7-28/h1,3-8,12,16,26,28H,2,9H2,(H2,25,29)/b7-1+. The van der Waals surface area contributed by atoms with Gasteiger partial charge in [0, 0.05) is 16.2 Å². The van der Waals surface area contributed by atoms with Crippen molar-refractivity contribution in [1.82, 2.24) is 4.90 Å². The fraction of sp³-hybridized carbons (Fsp3) is 0.200. The minimum absolute atomic E-state index is 0.00553. The van der Waals surface area contributed by atoms with Gasteiger partial charge in [0.2, 0.25) is 5.91 Å². The smallest absolute Gasteiger partial charge is 0.256 e. The Morgan fingerprint density at radius 1 is 1.23 bits per heavy atom. The highest BCUT2D eigenvalue weighted by Crippen LogP contribution is 2.34. The highest BCUT2D eigenvalue weighted by atomic mass is 127. The number of hydrogen-bond acceptors (Lipinski definition) is 4. The third kappa shape index (κ3) is 4.23. The molecule has 0 saturated carbocycles. The Morgan fingerprint density at radius 2 is 1.97 bits per heavy atom. The number of rotatable bonds is 6. The van der Waals surface area contributed by atoms with Gasteiger partial charge in [-0.15, -0.1) is 0 Å². The molecule has 2 amide bonds. The fourth-order valence-electron chi connectivity index (χ4n) is 3.28. The van der Waals surface area contributed by atoms with Crippen LogP contribution >= 0.6 is 22.6 Å². The maximum absolute atomic E-state index is 14.6. The van der Waals surface area contributed by atoms with Crippen molar-refractivity contribution in [1.29, 1.82) is 0 Å². The maximum Gasteiger partial charge on any atom is 0.256 e. The molecule has 0 aliphatic carbocycles. The average Bonchev–Trinajstić information content (AvgIpc) is 2.66. The lowest BCUT2D eigenvalue weighted by Gasteiger charge is -2.46. The first-order chi connectivity index (χ1) is 14.2. The van der Waals surface area contributed by atoms with E-state index in [4.69, 9.17) is 10.8 Å². The number of amides is 2. The van der Waals surface area contributed by atoms with Crippen LogP contribution in [0.1, 0.15) is 16.8 Å². The summed E-state index contributed by atoms with van der Waals surface area (Å²) < 4.78 is 43.2. The van der Waals surface area contributed by atoms with Crippen LogP contribution in [0.4, 0.5) is 24.5 Å². The lowest BCUT2D eigenvalue weighted by Crippen LogP contribution is -2.62. The Morgan fingerprint density at radius 3 is 2.60 bits per heavy atom. The molecule has 0 aromatic heterocycles. The molecule has 10 heteroatoms. The van der Waals surface area contributed by atoms with Crippen molar-refractivity contribution >= 4 is 45.8 Å². The van der Waals surface area contributed by atoms with E-state index in [9.17, 15) is 22.8 Å². The molecule has 30 heavy (non-hydrogen) atoms. The van der Waals surface area contributed by atoms with Crippen LogP contribution in [0, 0.1) is 26.9 Å². The van der Waals surface area contributed by atoms with Gasteiger partial charge in [-0.25, -0.2) is 13.2 Å². The molecule has 2 atom stereocenters. The van der Waals surface area contributed by atoms with Crippen molar-refractivity contribution in [3.8, 4) is 0 Å². The van der Waals surface area contributed by atoms with Gasteiger partial charge in [-0.3, -0.25) is 9.59 Å². The van der Waals surface area contributed by atoms with Gasteiger partial charge in [0.25, 0.3) is 5.91 Å². The molecule has 4 N–H and O–H groups in total. The summed E-state index contributed by atoms with van der Waals surface area (Å²) in [5.74, 6) is -5.18. The topological polar surface area (TPSA) is 95.7 Å². The number of nitrogens with two attached hydrogens (primary N) is 1. The molecule has 6 nitrogen and oxygen atoms in total. The highest BCUT2D eigenvalue weighted by molar-refractivity contribution is 14.1. The largest absolute Gasteiger partial charge is 0.516 e. The zero-order valence-electron chi connectivity index (χ0n) is 15.4. The quantitative estimate of drug-likeness (QED) is 0.390. The van der Waals surface area contributed by atoms with E-state index in [1.54, 1.807) is 6.07 Å². The number of aliphatic hydroxyl groups is 1. The summed E-state index contributed by atoms with van der Waals surface area (Å²) in [5.41, 5.74) is 4.46. The summed E-state index contributed by atoms with van der Waals surface area (Å²) in [6.07, 6.45) is 2.28. The number of halogens is 4. The van der Waals surface area contributed by atoms with Crippen molar-refractivity contribution in [2.45, 2.75) is 12.5 Å². The molecular formula is C20H17F3IN3O3. The van der Waals surface area contributed by atoms with Crippen molar-refractivity contribution in [3.05, 3.63) is 69.3 Å². The van der Waals surface area contributed by atoms with E-state index in [0.29, 0.717) is 3.57 Å². The monoisotopic (exact) mass is 531 g/mol. The average molecular weight is 531 g/mol. The number of carbonyl (C=O) groups excluding carboxylic acids is 2. The molecule has 1 aliphatic heterocycles. The van der Waals surface area contributed by atoms with Crippen molar-refractivity contribution in [2.75, 3.05) is 11.9 Å². The van der Waals surface area contributed by atoms with E-state index in [2.05, 4.69) is 5.32 Å². The summed E-state index contributed by atoms with van der Waals surface area (Å²) in [6.45, 7) is -0.00553. The number of aliphatic hydroxyl groups excluding tert-OH is 1. The van der Waals surface area contributed by atoms with Crippen molar-refractivity contribution < 1.29 is 27.9 Å². The van der Waals surface area contributed by atoms with E-state index in [1.807, 2.05) is 22.6 Å². The second-order valence-electron chi connectivity index (χ2n) is 6.69. The van der Waals surface area contributed by atoms with Gasteiger partial charge in [-0.05, 0) is 65.4 Å². The Kier molecular flexibility index (Phi) is 6.54.